The molecule has 1 amide bonds. The summed E-state index contributed by atoms with van der Waals surface area (Å²) < 4.78 is 49.5. The average Bonchev–Trinajstić information content (AvgIpc) is 2.86. The number of primary sulfonamides is 1. The summed E-state index contributed by atoms with van der Waals surface area (Å²) in [5, 5.41) is 20.0. The third kappa shape index (κ3) is 6.88. The first-order chi connectivity index (χ1) is 17.7. The minimum atomic E-state index is -4.00. The van der Waals surface area contributed by atoms with E-state index in [0.29, 0.717) is 22.3 Å². The molecule has 6 N–H and O–H groups in total. The topological polar surface area (TPSA) is 185 Å². The minimum absolute atomic E-state index is 0.0284. The Hall–Kier alpha value is -3.49. The van der Waals surface area contributed by atoms with Gasteiger partial charge in [-0.3, -0.25) is 4.79 Å². The minimum Gasteiger partial charge on any atom is -0.409 e. The second-order valence-corrected chi connectivity index (χ2v) is 12.4. The Bertz CT molecular complexity index is 1610. The molecule has 0 aromatic heterocycles. The molecule has 3 aromatic rings. The van der Waals surface area contributed by atoms with Gasteiger partial charge in [0.15, 0.2) is 5.84 Å². The van der Waals surface area contributed by atoms with Gasteiger partial charge in [0.2, 0.25) is 26.0 Å². The molecule has 0 aliphatic rings. The Labute approximate surface area is 225 Å². The molecule has 0 heterocycles. The van der Waals surface area contributed by atoms with E-state index >= 15 is 0 Å². The summed E-state index contributed by atoms with van der Waals surface area (Å²) in [6.45, 7) is 0. The summed E-state index contributed by atoms with van der Waals surface area (Å²) in [5.74, 6) is -0.799. The number of amides is 1. The van der Waals surface area contributed by atoms with Crippen LogP contribution >= 0.6 is 11.6 Å². The number of rotatable bonds is 9. The molecule has 14 heteroatoms. The Morgan fingerprint density at radius 3 is 2.37 bits per heavy atom. The van der Waals surface area contributed by atoms with E-state index in [-0.39, 0.29) is 27.9 Å². The zero-order valence-corrected chi connectivity index (χ0v) is 22.8. The number of nitrogens with one attached hydrogen (secondary N) is 1. The van der Waals surface area contributed by atoms with Crippen molar-refractivity contribution in [2.45, 2.75) is 17.4 Å². The normalized spacial score (nSPS) is 13.3. The molecule has 0 aliphatic carbocycles. The van der Waals surface area contributed by atoms with E-state index < -0.39 is 32.0 Å². The molecule has 0 fully saturated rings. The van der Waals surface area contributed by atoms with Gasteiger partial charge in [0.25, 0.3) is 0 Å². The SMILES string of the molecule is CN(C(Cc1cccc(/C(N)=N/O)c1)C(=O)Nc1ccc(-c2ccccc2S(N)(=O)=O)cc1Cl)S(C)(=O)=O. The lowest BCUT2D eigenvalue weighted by molar-refractivity contribution is -0.119. The molecule has 0 saturated heterocycles. The van der Waals surface area contributed by atoms with Crippen molar-refractivity contribution in [3.05, 3.63) is 82.9 Å². The van der Waals surface area contributed by atoms with E-state index in [2.05, 4.69) is 10.5 Å². The highest BCUT2D eigenvalue weighted by Gasteiger charge is 2.30. The van der Waals surface area contributed by atoms with E-state index in [4.69, 9.17) is 27.7 Å². The molecule has 0 bridgehead atoms. The van der Waals surface area contributed by atoms with E-state index in [1.165, 1.54) is 25.2 Å². The molecule has 1 atom stereocenters. The van der Waals surface area contributed by atoms with Crippen LogP contribution in [0.1, 0.15) is 11.1 Å². The third-order valence-corrected chi connectivity index (χ3v) is 8.34. The summed E-state index contributed by atoms with van der Waals surface area (Å²) in [6, 6.07) is 15.9. The molecule has 0 radical (unpaired) electrons. The van der Waals surface area contributed by atoms with Gasteiger partial charge in [-0.1, -0.05) is 59.2 Å². The molecular weight excluding hydrogens is 554 g/mol. The first kappa shape index (κ1) is 29.1. The first-order valence-electron chi connectivity index (χ1n) is 10.9. The van der Waals surface area contributed by atoms with E-state index in [0.717, 1.165) is 10.6 Å². The Morgan fingerprint density at radius 2 is 1.76 bits per heavy atom. The smallest absolute Gasteiger partial charge is 0.243 e. The second kappa shape index (κ2) is 11.5. The number of anilines is 1. The van der Waals surface area contributed by atoms with Crippen molar-refractivity contribution in [2.24, 2.45) is 16.0 Å². The van der Waals surface area contributed by atoms with Crippen LogP contribution < -0.4 is 16.2 Å². The highest BCUT2D eigenvalue weighted by Crippen LogP contribution is 2.32. The summed E-state index contributed by atoms with van der Waals surface area (Å²) in [7, 11) is -6.50. The molecule has 38 heavy (non-hydrogen) atoms. The lowest BCUT2D eigenvalue weighted by atomic mass is 10.0. The van der Waals surface area contributed by atoms with Gasteiger partial charge in [0.1, 0.15) is 6.04 Å². The summed E-state index contributed by atoms with van der Waals surface area (Å²) in [6.07, 6.45) is 0.949. The molecule has 0 spiro atoms. The summed E-state index contributed by atoms with van der Waals surface area (Å²) >= 11 is 6.42. The van der Waals surface area contributed by atoms with Gasteiger partial charge in [0, 0.05) is 18.2 Å². The summed E-state index contributed by atoms with van der Waals surface area (Å²) in [4.78, 5) is 13.2. The number of carbonyl (C=O) groups is 1. The van der Waals surface area contributed by atoms with Gasteiger partial charge in [0.05, 0.1) is 21.9 Å². The molecular formula is C24H26ClN5O6S2. The number of hydrogen-bond donors (Lipinski definition) is 4. The molecule has 1 unspecified atom stereocenters. The highest BCUT2D eigenvalue weighted by molar-refractivity contribution is 7.89. The second-order valence-electron chi connectivity index (χ2n) is 8.41. The largest absolute Gasteiger partial charge is 0.409 e. The first-order valence-corrected chi connectivity index (χ1v) is 14.7. The molecule has 3 rings (SSSR count). The number of benzene rings is 3. The van der Waals surface area contributed by atoms with Crippen LogP contribution in [0.5, 0.6) is 0 Å². The van der Waals surface area contributed by atoms with Crippen molar-refractivity contribution in [3.63, 3.8) is 0 Å². The molecule has 0 saturated carbocycles. The highest BCUT2D eigenvalue weighted by atomic mass is 35.5. The van der Waals surface area contributed by atoms with Crippen molar-refractivity contribution in [1.29, 1.82) is 0 Å². The molecule has 11 nitrogen and oxygen atoms in total. The van der Waals surface area contributed by atoms with Crippen LogP contribution in [0.4, 0.5) is 5.69 Å². The fourth-order valence-corrected chi connectivity index (χ4v) is 5.33. The van der Waals surface area contributed by atoms with Gasteiger partial charge < -0.3 is 16.3 Å². The van der Waals surface area contributed by atoms with Crippen LogP contribution in [0, 0.1) is 0 Å². The number of carbonyl (C=O) groups excluding carboxylic acids is 1. The van der Waals surface area contributed by atoms with Crippen LogP contribution in [0.3, 0.4) is 0 Å². The number of hydrogen-bond acceptors (Lipinski definition) is 7. The van der Waals surface area contributed by atoms with Gasteiger partial charge in [-0.2, -0.15) is 4.31 Å². The van der Waals surface area contributed by atoms with Crippen LogP contribution in [-0.2, 0) is 31.3 Å². The van der Waals surface area contributed by atoms with Gasteiger partial charge >= 0.3 is 0 Å². The fraction of sp³-hybridized carbons (Fsp3) is 0.167. The molecule has 0 aliphatic heterocycles. The number of sulfonamides is 2. The number of likely N-dealkylation sites (N-methyl/N-ethyl adjacent to an activating group) is 1. The van der Waals surface area contributed by atoms with Crippen molar-refractivity contribution in [3.8, 4) is 11.1 Å². The van der Waals surface area contributed by atoms with Crippen molar-refractivity contribution in [2.75, 3.05) is 18.6 Å². The van der Waals surface area contributed by atoms with Crippen LogP contribution in [0.15, 0.2) is 76.8 Å². The van der Waals surface area contributed by atoms with Crippen LogP contribution in [-0.4, -0.2) is 57.4 Å². The number of amidine groups is 1. The number of halogens is 1. The molecule has 3 aromatic carbocycles. The Balaban J connectivity index is 1.93. The Morgan fingerprint density at radius 1 is 1.08 bits per heavy atom. The molecule has 202 valence electrons. The van der Waals surface area contributed by atoms with Gasteiger partial charge in [-0.25, -0.2) is 22.0 Å². The zero-order valence-electron chi connectivity index (χ0n) is 20.4. The number of nitrogens with zero attached hydrogens (tertiary/aromatic N) is 2. The Kier molecular flexibility index (Phi) is 8.79. The number of nitrogens with two attached hydrogens (primary N) is 2. The van der Waals surface area contributed by atoms with Crippen molar-refractivity contribution >= 4 is 49.1 Å². The van der Waals surface area contributed by atoms with Gasteiger partial charge in [-0.15, -0.1) is 0 Å². The average molecular weight is 580 g/mol. The van der Waals surface area contributed by atoms with Crippen molar-refractivity contribution < 1.29 is 26.8 Å². The maximum Gasteiger partial charge on any atom is 0.243 e. The van der Waals surface area contributed by atoms with Crippen LogP contribution in [0.25, 0.3) is 11.1 Å². The monoisotopic (exact) mass is 579 g/mol. The van der Waals surface area contributed by atoms with E-state index in [9.17, 15) is 21.6 Å². The standard InChI is InChI=1S/C24H26ClN5O6S2/c1-30(37(2,33)34)21(13-15-6-5-7-17(12-15)23(26)29-32)24(31)28-20-11-10-16(14-19(20)25)18-8-3-4-9-22(18)38(27,35)36/h3-12,14,21,32H,13H2,1-2H3,(H2,26,29)(H,28,31)(H2,27,35,36). The zero-order chi connectivity index (χ0) is 28.3. The number of oxime groups is 1. The van der Waals surface area contributed by atoms with Gasteiger partial charge in [-0.05, 0) is 41.8 Å². The maximum atomic E-state index is 13.3. The van der Waals surface area contributed by atoms with Crippen molar-refractivity contribution in [1.82, 2.24) is 4.31 Å². The van der Waals surface area contributed by atoms with E-state index in [1.807, 2.05) is 0 Å². The summed E-state index contributed by atoms with van der Waals surface area (Å²) in [5.41, 5.74) is 7.56. The fourth-order valence-electron chi connectivity index (χ4n) is 3.71. The lowest BCUT2D eigenvalue weighted by Crippen LogP contribution is -2.46. The van der Waals surface area contributed by atoms with Crippen LogP contribution in [0.2, 0.25) is 5.02 Å². The third-order valence-electron chi connectivity index (χ3n) is 5.76. The lowest BCUT2D eigenvalue weighted by Gasteiger charge is -2.26. The predicted octanol–water partition coefficient (Wildman–Crippen LogP) is 2.19. The predicted molar refractivity (Wildman–Crippen MR) is 146 cm³/mol. The van der Waals surface area contributed by atoms with E-state index in [1.54, 1.807) is 48.5 Å². The quantitative estimate of drug-likeness (QED) is 0.129. The maximum absolute atomic E-state index is 13.3.